The Bertz CT molecular complexity index is 267. The lowest BCUT2D eigenvalue weighted by Crippen LogP contribution is -2.44. The molecule has 5 heteroatoms. The van der Waals surface area contributed by atoms with Crippen LogP contribution in [0, 0.1) is 11.8 Å². The maximum Gasteiger partial charge on any atom is 0.307 e. The average Bonchev–Trinajstić information content (AvgIpc) is 2.20. The number of carbonyl (C=O) groups is 2. The van der Waals surface area contributed by atoms with Crippen LogP contribution in [0.5, 0.6) is 0 Å². The van der Waals surface area contributed by atoms with E-state index in [-0.39, 0.29) is 11.8 Å². The molecule has 1 saturated carbocycles. The molecule has 1 fully saturated rings. The highest BCUT2D eigenvalue weighted by Gasteiger charge is 2.41. The lowest BCUT2D eigenvalue weighted by Gasteiger charge is -2.31. The molecule has 17 heavy (non-hydrogen) atoms. The van der Waals surface area contributed by atoms with Crippen LogP contribution in [0.3, 0.4) is 0 Å². The Hall–Kier alpha value is -1.10. The van der Waals surface area contributed by atoms with Crippen LogP contribution in [-0.4, -0.2) is 36.7 Å². The Morgan fingerprint density at radius 2 is 2.00 bits per heavy atom. The summed E-state index contributed by atoms with van der Waals surface area (Å²) in [5.74, 6) is -1.85. The SMILES string of the molecule is CCCCOCCNC(=O)C1CCC1C(=O)O. The van der Waals surface area contributed by atoms with Crippen molar-refractivity contribution >= 4 is 11.9 Å². The monoisotopic (exact) mass is 243 g/mol. The zero-order chi connectivity index (χ0) is 12.7. The molecule has 0 spiro atoms. The molecule has 0 aromatic carbocycles. The minimum absolute atomic E-state index is 0.150. The molecule has 0 aliphatic heterocycles. The van der Waals surface area contributed by atoms with Gasteiger partial charge in [0.15, 0.2) is 0 Å². The topological polar surface area (TPSA) is 75.6 Å². The number of ether oxygens (including phenoxy) is 1. The summed E-state index contributed by atoms with van der Waals surface area (Å²) in [7, 11) is 0. The predicted molar refractivity (Wildman–Crippen MR) is 62.6 cm³/mol. The van der Waals surface area contributed by atoms with Crippen LogP contribution in [0.15, 0.2) is 0 Å². The van der Waals surface area contributed by atoms with Gasteiger partial charge in [0, 0.05) is 13.2 Å². The number of hydrogen-bond donors (Lipinski definition) is 2. The Morgan fingerprint density at radius 3 is 2.53 bits per heavy atom. The Balaban J connectivity index is 2.07. The lowest BCUT2D eigenvalue weighted by atomic mass is 9.73. The lowest BCUT2D eigenvalue weighted by molar-refractivity contribution is -0.152. The van der Waals surface area contributed by atoms with Crippen LogP contribution >= 0.6 is 0 Å². The smallest absolute Gasteiger partial charge is 0.307 e. The van der Waals surface area contributed by atoms with Crippen molar-refractivity contribution in [1.29, 1.82) is 0 Å². The molecule has 2 unspecified atom stereocenters. The minimum atomic E-state index is -0.865. The van der Waals surface area contributed by atoms with E-state index < -0.39 is 11.9 Å². The molecule has 1 amide bonds. The third-order valence-corrected chi connectivity index (χ3v) is 3.12. The number of unbranched alkanes of at least 4 members (excludes halogenated alkanes) is 1. The number of carboxylic acid groups (broad SMARTS) is 1. The second kappa shape index (κ2) is 7.27. The maximum atomic E-state index is 11.6. The predicted octanol–water partition coefficient (Wildman–Crippen LogP) is 1.03. The first-order valence-electron chi connectivity index (χ1n) is 6.25. The number of hydrogen-bond acceptors (Lipinski definition) is 3. The number of amides is 1. The van der Waals surface area contributed by atoms with E-state index >= 15 is 0 Å². The molecule has 2 N–H and O–H groups in total. The number of aliphatic carboxylic acids is 1. The van der Waals surface area contributed by atoms with Gasteiger partial charge >= 0.3 is 5.97 Å². The normalized spacial score (nSPS) is 22.9. The van der Waals surface area contributed by atoms with Crippen LogP contribution in [0.25, 0.3) is 0 Å². The Labute approximate surface area is 102 Å². The summed E-state index contributed by atoms with van der Waals surface area (Å²) >= 11 is 0. The van der Waals surface area contributed by atoms with Gasteiger partial charge in [-0.1, -0.05) is 13.3 Å². The molecule has 0 radical (unpaired) electrons. The summed E-state index contributed by atoms with van der Waals surface area (Å²) in [5.41, 5.74) is 0. The largest absolute Gasteiger partial charge is 0.481 e. The molecule has 5 nitrogen and oxygen atoms in total. The van der Waals surface area contributed by atoms with Gasteiger partial charge in [-0.2, -0.15) is 0 Å². The van der Waals surface area contributed by atoms with E-state index in [2.05, 4.69) is 12.2 Å². The second-order valence-electron chi connectivity index (χ2n) is 4.39. The number of rotatable bonds is 8. The summed E-state index contributed by atoms with van der Waals surface area (Å²) in [5, 5.41) is 11.5. The van der Waals surface area contributed by atoms with Crippen molar-refractivity contribution in [2.24, 2.45) is 11.8 Å². The van der Waals surface area contributed by atoms with Crippen LogP contribution in [0.2, 0.25) is 0 Å². The van der Waals surface area contributed by atoms with Gasteiger partial charge in [0.2, 0.25) is 5.91 Å². The second-order valence-corrected chi connectivity index (χ2v) is 4.39. The van der Waals surface area contributed by atoms with Crippen molar-refractivity contribution in [3.05, 3.63) is 0 Å². The first-order valence-corrected chi connectivity index (χ1v) is 6.25. The van der Waals surface area contributed by atoms with Gasteiger partial charge in [0.05, 0.1) is 18.4 Å². The summed E-state index contributed by atoms with van der Waals surface area (Å²) in [6, 6.07) is 0. The highest BCUT2D eigenvalue weighted by Crippen LogP contribution is 2.34. The fourth-order valence-electron chi connectivity index (χ4n) is 1.84. The summed E-state index contributed by atoms with van der Waals surface area (Å²) in [4.78, 5) is 22.3. The molecule has 0 heterocycles. The number of nitrogens with one attached hydrogen (secondary N) is 1. The molecule has 98 valence electrons. The minimum Gasteiger partial charge on any atom is -0.481 e. The van der Waals surface area contributed by atoms with Crippen molar-refractivity contribution in [1.82, 2.24) is 5.32 Å². The Kier molecular flexibility index (Phi) is 5.97. The first-order chi connectivity index (χ1) is 8.16. The molecule has 0 bridgehead atoms. The van der Waals surface area contributed by atoms with Gasteiger partial charge in [0.25, 0.3) is 0 Å². The molecule has 1 aliphatic rings. The van der Waals surface area contributed by atoms with E-state index in [0.717, 1.165) is 12.8 Å². The number of carboxylic acids is 1. The van der Waals surface area contributed by atoms with E-state index in [1.54, 1.807) is 0 Å². The molecule has 0 aromatic rings. The first kappa shape index (κ1) is 14.0. The molecule has 1 rings (SSSR count). The van der Waals surface area contributed by atoms with Crippen LogP contribution in [-0.2, 0) is 14.3 Å². The quantitative estimate of drug-likeness (QED) is 0.624. The van der Waals surface area contributed by atoms with E-state index in [0.29, 0.717) is 32.6 Å². The highest BCUT2D eigenvalue weighted by atomic mass is 16.5. The van der Waals surface area contributed by atoms with Crippen molar-refractivity contribution in [3.63, 3.8) is 0 Å². The fourth-order valence-corrected chi connectivity index (χ4v) is 1.84. The van der Waals surface area contributed by atoms with E-state index in [1.165, 1.54) is 0 Å². The van der Waals surface area contributed by atoms with E-state index in [1.807, 2.05) is 0 Å². The third-order valence-electron chi connectivity index (χ3n) is 3.12. The van der Waals surface area contributed by atoms with Crippen molar-refractivity contribution in [2.45, 2.75) is 32.6 Å². The van der Waals surface area contributed by atoms with Gasteiger partial charge in [-0.25, -0.2) is 0 Å². The van der Waals surface area contributed by atoms with Crippen LogP contribution in [0.1, 0.15) is 32.6 Å². The summed E-state index contributed by atoms with van der Waals surface area (Å²) < 4.78 is 5.30. The van der Waals surface area contributed by atoms with Crippen LogP contribution < -0.4 is 5.32 Å². The zero-order valence-electron chi connectivity index (χ0n) is 10.3. The molecule has 0 saturated heterocycles. The molecular formula is C12H21NO4. The maximum absolute atomic E-state index is 11.6. The Morgan fingerprint density at radius 1 is 1.29 bits per heavy atom. The summed E-state index contributed by atoms with van der Waals surface area (Å²) in [6.07, 6.45) is 3.41. The molecular weight excluding hydrogens is 222 g/mol. The van der Waals surface area contributed by atoms with Crippen molar-refractivity contribution in [2.75, 3.05) is 19.8 Å². The standard InChI is InChI=1S/C12H21NO4/c1-2-3-7-17-8-6-13-11(14)9-4-5-10(9)12(15)16/h9-10H,2-8H2,1H3,(H,13,14)(H,15,16). The third kappa shape index (κ3) is 4.34. The fraction of sp³-hybridized carbons (Fsp3) is 0.833. The van der Waals surface area contributed by atoms with Crippen molar-refractivity contribution in [3.8, 4) is 0 Å². The van der Waals surface area contributed by atoms with Gasteiger partial charge < -0.3 is 15.2 Å². The van der Waals surface area contributed by atoms with Gasteiger partial charge in [-0.05, 0) is 19.3 Å². The van der Waals surface area contributed by atoms with E-state index in [4.69, 9.17) is 9.84 Å². The molecule has 2 atom stereocenters. The zero-order valence-corrected chi connectivity index (χ0v) is 10.3. The van der Waals surface area contributed by atoms with Gasteiger partial charge in [-0.15, -0.1) is 0 Å². The number of carbonyl (C=O) groups excluding carboxylic acids is 1. The van der Waals surface area contributed by atoms with Gasteiger partial charge in [-0.3, -0.25) is 9.59 Å². The van der Waals surface area contributed by atoms with E-state index in [9.17, 15) is 9.59 Å². The van der Waals surface area contributed by atoms with Crippen LogP contribution in [0.4, 0.5) is 0 Å². The van der Waals surface area contributed by atoms with Gasteiger partial charge in [0.1, 0.15) is 0 Å². The summed E-state index contributed by atoms with van der Waals surface area (Å²) in [6.45, 7) is 3.77. The van der Waals surface area contributed by atoms with Crippen molar-refractivity contribution < 1.29 is 19.4 Å². The molecule has 0 aromatic heterocycles. The molecule has 1 aliphatic carbocycles. The average molecular weight is 243 g/mol. The highest BCUT2D eigenvalue weighted by molar-refractivity contribution is 5.86.